The fraction of sp³-hybridized carbons (Fsp3) is 0.571. The SMILES string of the molecule is CC(C)(C)OC(=O)N1c2cc([N+](=O)[O-])ccc2C2(O)CC(C(=O)O)N(C(=O)OC(C)(C)C)C12. The molecule has 1 fully saturated rings. The van der Waals surface area contributed by atoms with Crippen LogP contribution in [0.25, 0.3) is 0 Å². The average Bonchev–Trinajstić information content (AvgIpc) is 3.05. The van der Waals surface area contributed by atoms with Crippen LogP contribution in [-0.2, 0) is 19.9 Å². The van der Waals surface area contributed by atoms with Crippen molar-refractivity contribution in [1.82, 2.24) is 4.90 Å². The first kappa shape index (κ1) is 24.2. The van der Waals surface area contributed by atoms with Gasteiger partial charge in [0, 0.05) is 24.1 Å². The second-order valence-electron chi connectivity index (χ2n) is 10.1. The summed E-state index contributed by atoms with van der Waals surface area (Å²) >= 11 is 0. The van der Waals surface area contributed by atoms with Gasteiger partial charge in [0.1, 0.15) is 22.8 Å². The molecule has 0 bridgehead atoms. The number of non-ortho nitro benzene ring substituents is 1. The number of carbonyl (C=O) groups excluding carboxylic acids is 2. The van der Waals surface area contributed by atoms with Gasteiger partial charge in [0.2, 0.25) is 0 Å². The number of hydrogen-bond donors (Lipinski definition) is 2. The Bertz CT molecular complexity index is 1030. The number of carbonyl (C=O) groups is 3. The summed E-state index contributed by atoms with van der Waals surface area (Å²) in [5.41, 5.74) is -4.35. The van der Waals surface area contributed by atoms with Crippen molar-refractivity contribution >= 4 is 29.5 Å². The lowest BCUT2D eigenvalue weighted by atomic mass is 9.91. The van der Waals surface area contributed by atoms with Gasteiger partial charge < -0.3 is 19.7 Å². The number of aliphatic hydroxyl groups is 1. The topological polar surface area (TPSA) is 160 Å². The van der Waals surface area contributed by atoms with E-state index in [2.05, 4.69) is 0 Å². The summed E-state index contributed by atoms with van der Waals surface area (Å²) in [4.78, 5) is 50.7. The Morgan fingerprint density at radius 2 is 1.64 bits per heavy atom. The third-order valence-corrected chi connectivity index (χ3v) is 5.17. The van der Waals surface area contributed by atoms with Crippen LogP contribution in [-0.4, -0.2) is 61.6 Å². The van der Waals surface area contributed by atoms with E-state index >= 15 is 0 Å². The minimum absolute atomic E-state index is 0.0525. The van der Waals surface area contributed by atoms with Crippen LogP contribution in [0.4, 0.5) is 21.0 Å². The number of carboxylic acid groups (broad SMARTS) is 1. The highest BCUT2D eigenvalue weighted by Crippen LogP contribution is 2.54. The van der Waals surface area contributed by atoms with E-state index in [4.69, 9.17) is 9.47 Å². The quantitative estimate of drug-likeness (QED) is 0.494. The highest BCUT2D eigenvalue weighted by Gasteiger charge is 2.66. The smallest absolute Gasteiger partial charge is 0.416 e. The van der Waals surface area contributed by atoms with Crippen LogP contribution >= 0.6 is 0 Å². The number of rotatable bonds is 2. The van der Waals surface area contributed by atoms with Crippen molar-refractivity contribution in [3.05, 3.63) is 33.9 Å². The molecule has 12 heteroatoms. The molecule has 2 aliphatic heterocycles. The van der Waals surface area contributed by atoms with Gasteiger partial charge in [-0.1, -0.05) is 0 Å². The van der Waals surface area contributed by atoms with E-state index in [1.807, 2.05) is 0 Å². The van der Waals surface area contributed by atoms with Gasteiger partial charge in [-0.3, -0.25) is 19.9 Å². The van der Waals surface area contributed by atoms with E-state index in [0.717, 1.165) is 21.9 Å². The molecule has 2 amide bonds. The number of carboxylic acids is 1. The second-order valence-corrected chi connectivity index (χ2v) is 10.1. The molecule has 0 saturated carbocycles. The molecule has 180 valence electrons. The van der Waals surface area contributed by atoms with E-state index in [9.17, 15) is 34.7 Å². The van der Waals surface area contributed by atoms with E-state index in [1.165, 1.54) is 6.07 Å². The molecule has 0 radical (unpaired) electrons. The van der Waals surface area contributed by atoms with Crippen molar-refractivity contribution in [2.24, 2.45) is 0 Å². The number of fused-ring (bicyclic) bond motifs is 3. The molecule has 3 atom stereocenters. The van der Waals surface area contributed by atoms with Crippen LogP contribution in [0.15, 0.2) is 18.2 Å². The van der Waals surface area contributed by atoms with E-state index in [-0.39, 0.29) is 16.9 Å². The number of likely N-dealkylation sites (tertiary alicyclic amines) is 1. The first-order chi connectivity index (χ1) is 15.0. The van der Waals surface area contributed by atoms with Gasteiger partial charge in [0.05, 0.1) is 10.6 Å². The number of ether oxygens (including phenoxy) is 2. The van der Waals surface area contributed by atoms with Crippen LogP contribution in [0, 0.1) is 10.1 Å². The Balaban J connectivity index is 2.22. The molecule has 1 aromatic carbocycles. The molecule has 2 N–H and O–H groups in total. The van der Waals surface area contributed by atoms with E-state index < -0.39 is 58.5 Å². The lowest BCUT2D eigenvalue weighted by Gasteiger charge is -2.36. The molecule has 12 nitrogen and oxygen atoms in total. The van der Waals surface area contributed by atoms with Gasteiger partial charge in [0.25, 0.3) is 5.69 Å². The molecule has 2 aliphatic rings. The monoisotopic (exact) mass is 465 g/mol. The normalized spacial score (nSPS) is 24.2. The minimum Gasteiger partial charge on any atom is -0.480 e. The summed E-state index contributed by atoms with van der Waals surface area (Å²) in [7, 11) is 0. The number of nitrogens with zero attached hydrogens (tertiary/aromatic N) is 3. The van der Waals surface area contributed by atoms with Crippen molar-refractivity contribution in [2.45, 2.75) is 77.0 Å². The largest absolute Gasteiger partial charge is 0.480 e. The van der Waals surface area contributed by atoms with Crippen LogP contribution in [0.2, 0.25) is 0 Å². The Morgan fingerprint density at radius 1 is 1.09 bits per heavy atom. The molecule has 33 heavy (non-hydrogen) atoms. The third-order valence-electron chi connectivity index (χ3n) is 5.17. The van der Waals surface area contributed by atoms with E-state index in [1.54, 1.807) is 41.5 Å². The van der Waals surface area contributed by atoms with Crippen molar-refractivity contribution in [2.75, 3.05) is 4.90 Å². The number of hydrogen-bond acceptors (Lipinski definition) is 8. The minimum atomic E-state index is -2.03. The molecule has 0 aromatic heterocycles. The van der Waals surface area contributed by atoms with Crippen LogP contribution < -0.4 is 4.90 Å². The van der Waals surface area contributed by atoms with Crippen molar-refractivity contribution < 1.29 is 39.0 Å². The summed E-state index contributed by atoms with van der Waals surface area (Å²) in [5, 5.41) is 32.8. The second kappa shape index (κ2) is 7.58. The fourth-order valence-electron chi connectivity index (χ4n) is 4.07. The first-order valence-corrected chi connectivity index (χ1v) is 10.2. The predicted molar refractivity (Wildman–Crippen MR) is 114 cm³/mol. The molecule has 1 saturated heterocycles. The lowest BCUT2D eigenvalue weighted by Crippen LogP contribution is -2.57. The predicted octanol–water partition coefficient (Wildman–Crippen LogP) is 2.96. The van der Waals surface area contributed by atoms with Gasteiger partial charge in [0.15, 0.2) is 6.17 Å². The Morgan fingerprint density at radius 3 is 2.12 bits per heavy atom. The van der Waals surface area contributed by atoms with Crippen molar-refractivity contribution in [3.8, 4) is 0 Å². The zero-order valence-electron chi connectivity index (χ0n) is 19.2. The van der Waals surface area contributed by atoms with Gasteiger partial charge in [-0.05, 0) is 47.6 Å². The number of benzene rings is 1. The van der Waals surface area contributed by atoms with Crippen molar-refractivity contribution in [1.29, 1.82) is 0 Å². The average molecular weight is 465 g/mol. The number of nitro groups is 1. The van der Waals surface area contributed by atoms with Gasteiger partial charge in [-0.15, -0.1) is 0 Å². The highest BCUT2D eigenvalue weighted by molar-refractivity contribution is 5.95. The number of anilines is 1. The van der Waals surface area contributed by atoms with Gasteiger partial charge >= 0.3 is 18.2 Å². The molecular formula is C21H27N3O9. The zero-order valence-corrected chi connectivity index (χ0v) is 19.2. The summed E-state index contributed by atoms with van der Waals surface area (Å²) < 4.78 is 10.8. The summed E-state index contributed by atoms with van der Waals surface area (Å²) in [6.07, 6.45) is -4.09. The molecule has 2 heterocycles. The third kappa shape index (κ3) is 4.30. The fourth-order valence-corrected chi connectivity index (χ4v) is 4.07. The summed E-state index contributed by atoms with van der Waals surface area (Å²) in [6.45, 7) is 9.55. The maximum Gasteiger partial charge on any atom is 0.416 e. The maximum atomic E-state index is 13.2. The maximum absolute atomic E-state index is 13.2. The standard InChI is InChI=1S/C21H27N3O9/c1-19(2,3)32-17(27)22-13-9-11(24(30)31)7-8-12(13)21(29)10-14(15(25)26)23(16(21)22)18(28)33-20(4,5)6/h7-9,14,16,29H,10H2,1-6H3,(H,25,26). The first-order valence-electron chi connectivity index (χ1n) is 10.2. The molecule has 0 aliphatic carbocycles. The molecule has 0 spiro atoms. The lowest BCUT2D eigenvalue weighted by molar-refractivity contribution is -0.384. The Labute approximate surface area is 189 Å². The summed E-state index contributed by atoms with van der Waals surface area (Å²) in [6, 6.07) is 1.95. The van der Waals surface area contributed by atoms with Gasteiger partial charge in [-0.2, -0.15) is 0 Å². The van der Waals surface area contributed by atoms with Crippen LogP contribution in [0.5, 0.6) is 0 Å². The van der Waals surface area contributed by atoms with Crippen molar-refractivity contribution in [3.63, 3.8) is 0 Å². The zero-order chi connectivity index (χ0) is 25.1. The van der Waals surface area contributed by atoms with Crippen LogP contribution in [0.1, 0.15) is 53.5 Å². The van der Waals surface area contributed by atoms with E-state index in [0.29, 0.717) is 0 Å². The number of aliphatic carboxylic acids is 1. The molecule has 3 unspecified atom stereocenters. The van der Waals surface area contributed by atoms with Crippen LogP contribution in [0.3, 0.4) is 0 Å². The molecular weight excluding hydrogens is 438 g/mol. The summed E-state index contributed by atoms with van der Waals surface area (Å²) in [5.74, 6) is -1.41. The number of amides is 2. The van der Waals surface area contributed by atoms with Gasteiger partial charge in [-0.25, -0.2) is 14.4 Å². The highest BCUT2D eigenvalue weighted by atomic mass is 16.6. The number of nitro benzene ring substituents is 1. The Kier molecular flexibility index (Phi) is 5.57. The Hall–Kier alpha value is -3.41. The molecule has 1 aromatic rings. The molecule has 3 rings (SSSR count).